The minimum absolute atomic E-state index is 0. The predicted molar refractivity (Wildman–Crippen MR) is 146 cm³/mol. The molecule has 1 unspecified atom stereocenters. The number of aromatic nitrogens is 2. The van der Waals surface area contributed by atoms with Crippen molar-refractivity contribution < 1.29 is 9.63 Å². The van der Waals surface area contributed by atoms with Gasteiger partial charge in [-0.25, -0.2) is 0 Å². The van der Waals surface area contributed by atoms with E-state index >= 15 is 0 Å². The molecule has 0 radical (unpaired) electrons. The number of fused-ring (bicyclic) bond motifs is 1. The van der Waals surface area contributed by atoms with Crippen LogP contribution in [0.15, 0.2) is 47.6 Å². The van der Waals surface area contributed by atoms with E-state index in [1.54, 1.807) is 11.1 Å². The van der Waals surface area contributed by atoms with Gasteiger partial charge in [0.05, 0.1) is 17.4 Å². The van der Waals surface area contributed by atoms with Crippen LogP contribution < -0.4 is 10.2 Å². The third-order valence-corrected chi connectivity index (χ3v) is 5.70. The molecule has 0 aliphatic carbocycles. The van der Waals surface area contributed by atoms with Crippen LogP contribution in [0.3, 0.4) is 0 Å². The van der Waals surface area contributed by atoms with Crippen molar-refractivity contribution in [3.05, 3.63) is 48.0 Å². The minimum Gasteiger partial charge on any atom is -0.396 e. The lowest BCUT2D eigenvalue weighted by Crippen LogP contribution is -2.37. The lowest BCUT2D eigenvalue weighted by atomic mass is 10.0. The van der Waals surface area contributed by atoms with E-state index in [1.165, 1.54) is 19.3 Å². The molecule has 7 nitrogen and oxygen atoms in total. The SMILES string of the molecule is CCON=Cc1ccc2[nH]nc(-c3cccc(N(C=O)CCC4CCCCN4)c3)c2c1.Cl.Cl.Cl. The third-order valence-electron chi connectivity index (χ3n) is 5.70. The molecule has 1 aromatic heterocycles. The van der Waals surface area contributed by atoms with Gasteiger partial charge in [-0.2, -0.15) is 5.10 Å². The van der Waals surface area contributed by atoms with Gasteiger partial charge in [0, 0.05) is 29.2 Å². The number of amides is 1. The maximum Gasteiger partial charge on any atom is 0.214 e. The van der Waals surface area contributed by atoms with Gasteiger partial charge in [-0.05, 0) is 62.6 Å². The molecule has 1 aliphatic rings. The average molecular weight is 529 g/mol. The van der Waals surface area contributed by atoms with Crippen molar-refractivity contribution >= 4 is 66.4 Å². The fraction of sp³-hybridized carbons (Fsp3) is 0.375. The van der Waals surface area contributed by atoms with Gasteiger partial charge in [0.25, 0.3) is 0 Å². The van der Waals surface area contributed by atoms with E-state index in [0.717, 1.165) is 52.8 Å². The molecule has 0 bridgehead atoms. The Morgan fingerprint density at radius 3 is 2.76 bits per heavy atom. The summed E-state index contributed by atoms with van der Waals surface area (Å²) in [7, 11) is 0. The molecular weight excluding hydrogens is 497 g/mol. The Hall–Kier alpha value is -2.32. The second kappa shape index (κ2) is 14.8. The molecule has 0 spiro atoms. The molecule has 2 heterocycles. The largest absolute Gasteiger partial charge is 0.396 e. The number of rotatable bonds is 9. The van der Waals surface area contributed by atoms with Crippen LogP contribution in [0.25, 0.3) is 22.2 Å². The molecule has 1 fully saturated rings. The summed E-state index contributed by atoms with van der Waals surface area (Å²) in [5, 5.41) is 16.1. The molecule has 1 aliphatic heterocycles. The summed E-state index contributed by atoms with van der Waals surface area (Å²) in [6.07, 6.45) is 7.26. The first kappa shape index (κ1) is 29.7. The van der Waals surface area contributed by atoms with E-state index in [0.29, 0.717) is 19.2 Å². The van der Waals surface area contributed by atoms with E-state index in [-0.39, 0.29) is 37.2 Å². The summed E-state index contributed by atoms with van der Waals surface area (Å²) in [4.78, 5) is 18.7. The third kappa shape index (κ3) is 7.34. The molecule has 10 heteroatoms. The standard InChI is InChI=1S/C24H29N5O2.3ClH/c1-2-31-26-16-18-9-10-23-22(14-18)24(28-27-23)19-6-5-8-21(15-19)29(17-30)13-11-20-7-3-4-12-25-20;;;/h5-6,8-10,14-17,20,25H,2-4,7,11-13H2,1H3,(H,27,28);3*1H. The minimum atomic E-state index is 0. The summed E-state index contributed by atoms with van der Waals surface area (Å²) < 4.78 is 0. The van der Waals surface area contributed by atoms with Crippen molar-refractivity contribution in [2.75, 3.05) is 24.6 Å². The van der Waals surface area contributed by atoms with Crippen LogP contribution in [0, 0.1) is 0 Å². The van der Waals surface area contributed by atoms with E-state index in [9.17, 15) is 4.79 Å². The number of hydrogen-bond acceptors (Lipinski definition) is 5. The monoisotopic (exact) mass is 527 g/mol. The van der Waals surface area contributed by atoms with Crippen LogP contribution >= 0.6 is 37.2 Å². The zero-order valence-corrected chi connectivity index (χ0v) is 21.6. The highest BCUT2D eigenvalue weighted by Crippen LogP contribution is 2.29. The molecule has 1 saturated heterocycles. The highest BCUT2D eigenvalue weighted by Gasteiger charge is 2.16. The molecule has 3 aromatic rings. The molecule has 34 heavy (non-hydrogen) atoms. The van der Waals surface area contributed by atoms with Gasteiger partial charge in [0.2, 0.25) is 6.41 Å². The number of halogens is 3. The smallest absolute Gasteiger partial charge is 0.214 e. The Morgan fingerprint density at radius 2 is 2.03 bits per heavy atom. The number of anilines is 1. The summed E-state index contributed by atoms with van der Waals surface area (Å²) in [5.41, 5.74) is 4.58. The van der Waals surface area contributed by atoms with E-state index in [2.05, 4.69) is 20.7 Å². The second-order valence-electron chi connectivity index (χ2n) is 7.81. The molecule has 186 valence electrons. The first-order valence-corrected chi connectivity index (χ1v) is 11.0. The average Bonchev–Trinajstić information content (AvgIpc) is 3.24. The Bertz CT molecular complexity index is 1050. The van der Waals surface area contributed by atoms with Crippen LogP contribution in [0.4, 0.5) is 5.69 Å². The molecular formula is C24H32Cl3N5O2. The lowest BCUT2D eigenvalue weighted by Gasteiger charge is -2.26. The number of carbonyl (C=O) groups excluding carboxylic acids is 1. The van der Waals surface area contributed by atoms with E-state index in [4.69, 9.17) is 4.84 Å². The number of hydrogen-bond donors (Lipinski definition) is 2. The van der Waals surface area contributed by atoms with Gasteiger partial charge in [-0.15, -0.1) is 37.2 Å². The predicted octanol–water partition coefficient (Wildman–Crippen LogP) is 5.36. The van der Waals surface area contributed by atoms with Crippen molar-refractivity contribution in [1.82, 2.24) is 15.5 Å². The summed E-state index contributed by atoms with van der Waals surface area (Å²) in [6, 6.07) is 14.5. The maximum atomic E-state index is 11.8. The van der Waals surface area contributed by atoms with Crippen molar-refractivity contribution in [2.45, 2.75) is 38.6 Å². The van der Waals surface area contributed by atoms with Gasteiger partial charge in [0.1, 0.15) is 6.61 Å². The van der Waals surface area contributed by atoms with E-state index < -0.39 is 0 Å². The van der Waals surface area contributed by atoms with Gasteiger partial charge in [-0.3, -0.25) is 9.89 Å². The number of aromatic amines is 1. The van der Waals surface area contributed by atoms with Crippen LogP contribution in [0.5, 0.6) is 0 Å². The number of carbonyl (C=O) groups is 1. The molecule has 1 atom stereocenters. The van der Waals surface area contributed by atoms with Gasteiger partial charge in [0.15, 0.2) is 0 Å². The van der Waals surface area contributed by atoms with Crippen molar-refractivity contribution in [2.24, 2.45) is 5.16 Å². The molecule has 0 saturated carbocycles. The molecule has 2 N–H and O–H groups in total. The first-order valence-electron chi connectivity index (χ1n) is 11.0. The fourth-order valence-corrected chi connectivity index (χ4v) is 4.04. The zero-order chi connectivity index (χ0) is 21.5. The van der Waals surface area contributed by atoms with Crippen LogP contribution in [-0.2, 0) is 9.63 Å². The highest BCUT2D eigenvalue weighted by molar-refractivity contribution is 5.97. The Balaban J connectivity index is 0.00000193. The molecule has 4 rings (SSSR count). The van der Waals surface area contributed by atoms with Crippen molar-refractivity contribution in [3.8, 4) is 11.3 Å². The second-order valence-corrected chi connectivity index (χ2v) is 7.81. The van der Waals surface area contributed by atoms with Crippen LogP contribution in [-0.4, -0.2) is 48.6 Å². The highest BCUT2D eigenvalue weighted by atomic mass is 35.5. The summed E-state index contributed by atoms with van der Waals surface area (Å²) in [6.45, 7) is 4.21. The normalized spacial score (nSPS) is 15.1. The summed E-state index contributed by atoms with van der Waals surface area (Å²) in [5.74, 6) is 0. The van der Waals surface area contributed by atoms with Gasteiger partial charge in [-0.1, -0.05) is 29.8 Å². The quantitative estimate of drug-likeness (QED) is 0.222. The summed E-state index contributed by atoms with van der Waals surface area (Å²) >= 11 is 0. The number of benzene rings is 2. The molecule has 1 amide bonds. The maximum absolute atomic E-state index is 11.8. The Morgan fingerprint density at radius 1 is 1.18 bits per heavy atom. The fourth-order valence-electron chi connectivity index (χ4n) is 4.04. The number of piperidine rings is 1. The van der Waals surface area contributed by atoms with E-state index in [1.807, 2.05) is 49.4 Å². The number of oxime groups is 1. The zero-order valence-electron chi connectivity index (χ0n) is 19.1. The molecule has 2 aromatic carbocycles. The Kier molecular flexibility index (Phi) is 13.0. The van der Waals surface area contributed by atoms with Crippen molar-refractivity contribution in [1.29, 1.82) is 0 Å². The topological polar surface area (TPSA) is 82.6 Å². The van der Waals surface area contributed by atoms with Crippen LogP contribution in [0.1, 0.15) is 38.2 Å². The number of nitrogens with zero attached hydrogens (tertiary/aromatic N) is 3. The number of H-pyrrole nitrogens is 1. The lowest BCUT2D eigenvalue weighted by molar-refractivity contribution is -0.107. The van der Waals surface area contributed by atoms with Gasteiger partial charge >= 0.3 is 0 Å². The van der Waals surface area contributed by atoms with Crippen molar-refractivity contribution in [3.63, 3.8) is 0 Å². The first-order chi connectivity index (χ1) is 15.3. The Labute approximate surface area is 218 Å². The number of nitrogens with one attached hydrogen (secondary N) is 2. The van der Waals surface area contributed by atoms with Crippen LogP contribution in [0.2, 0.25) is 0 Å². The van der Waals surface area contributed by atoms with Gasteiger partial charge < -0.3 is 15.1 Å².